The quantitative estimate of drug-likeness (QED) is 0.816. The molecule has 3 heteroatoms. The van der Waals surface area contributed by atoms with Crippen LogP contribution in [0.5, 0.6) is 0 Å². The third-order valence-electron chi connectivity index (χ3n) is 4.03. The van der Waals surface area contributed by atoms with Crippen LogP contribution in [0.4, 0.5) is 0 Å². The van der Waals surface area contributed by atoms with E-state index in [4.69, 9.17) is 0 Å². The lowest BCUT2D eigenvalue weighted by molar-refractivity contribution is -0.139. The number of rotatable bonds is 3. The van der Waals surface area contributed by atoms with Crippen molar-refractivity contribution < 1.29 is 4.79 Å². The highest BCUT2D eigenvalue weighted by atomic mass is 16.2. The van der Waals surface area contributed by atoms with Gasteiger partial charge in [0.05, 0.1) is 5.92 Å². The Hall–Kier alpha value is -0.570. The van der Waals surface area contributed by atoms with E-state index >= 15 is 0 Å². The minimum Gasteiger partial charge on any atom is -0.339 e. The van der Waals surface area contributed by atoms with Crippen LogP contribution >= 0.6 is 0 Å². The number of carbonyl (C=O) groups is 1. The Morgan fingerprint density at radius 1 is 1.29 bits per heavy atom. The number of carbonyl (C=O) groups excluding carboxylic acids is 1. The van der Waals surface area contributed by atoms with Crippen molar-refractivity contribution in [3.8, 4) is 0 Å². The molecule has 0 bridgehead atoms. The van der Waals surface area contributed by atoms with E-state index in [2.05, 4.69) is 24.1 Å². The SMILES string of the molecule is CC(C)CC1CCCCCN1C(=O)C1CNC1. The van der Waals surface area contributed by atoms with E-state index < -0.39 is 0 Å². The van der Waals surface area contributed by atoms with Gasteiger partial charge in [0, 0.05) is 25.7 Å². The molecule has 1 unspecified atom stereocenters. The maximum absolute atomic E-state index is 12.4. The van der Waals surface area contributed by atoms with Crippen LogP contribution in [-0.2, 0) is 4.79 Å². The topological polar surface area (TPSA) is 32.3 Å². The molecule has 0 aromatic carbocycles. The summed E-state index contributed by atoms with van der Waals surface area (Å²) in [6.45, 7) is 7.30. The molecule has 0 aromatic rings. The van der Waals surface area contributed by atoms with Gasteiger partial charge in [0.1, 0.15) is 0 Å². The van der Waals surface area contributed by atoms with Crippen LogP contribution in [0.3, 0.4) is 0 Å². The fourth-order valence-corrected chi connectivity index (χ4v) is 2.95. The molecule has 0 aliphatic carbocycles. The number of amides is 1. The fourth-order valence-electron chi connectivity index (χ4n) is 2.95. The summed E-state index contributed by atoms with van der Waals surface area (Å²) in [6, 6.07) is 0.505. The van der Waals surface area contributed by atoms with E-state index in [0.29, 0.717) is 17.9 Å². The number of nitrogens with one attached hydrogen (secondary N) is 1. The fraction of sp³-hybridized carbons (Fsp3) is 0.929. The molecule has 2 fully saturated rings. The summed E-state index contributed by atoms with van der Waals surface area (Å²) in [5.74, 6) is 1.37. The molecule has 3 nitrogen and oxygen atoms in total. The second kappa shape index (κ2) is 5.85. The molecule has 2 aliphatic heterocycles. The van der Waals surface area contributed by atoms with Gasteiger partial charge in [0.2, 0.25) is 5.91 Å². The molecule has 2 rings (SSSR count). The van der Waals surface area contributed by atoms with Crippen molar-refractivity contribution in [2.75, 3.05) is 19.6 Å². The standard InChI is InChI=1S/C14H26N2O/c1-11(2)8-13-6-4-3-5-7-16(13)14(17)12-9-15-10-12/h11-13,15H,3-10H2,1-2H3. The molecule has 0 saturated carbocycles. The maximum Gasteiger partial charge on any atom is 0.228 e. The highest BCUT2D eigenvalue weighted by Crippen LogP contribution is 2.24. The molecule has 2 saturated heterocycles. The summed E-state index contributed by atoms with van der Waals surface area (Å²) >= 11 is 0. The van der Waals surface area contributed by atoms with Gasteiger partial charge < -0.3 is 10.2 Å². The highest BCUT2D eigenvalue weighted by molar-refractivity contribution is 5.80. The lowest BCUT2D eigenvalue weighted by Gasteiger charge is -2.37. The van der Waals surface area contributed by atoms with Gasteiger partial charge in [-0.05, 0) is 25.2 Å². The van der Waals surface area contributed by atoms with E-state index in [1.165, 1.54) is 32.1 Å². The molecule has 0 radical (unpaired) electrons. The maximum atomic E-state index is 12.4. The van der Waals surface area contributed by atoms with Gasteiger partial charge in [-0.3, -0.25) is 4.79 Å². The monoisotopic (exact) mass is 238 g/mol. The average Bonchev–Trinajstić information content (AvgIpc) is 2.39. The van der Waals surface area contributed by atoms with Gasteiger partial charge in [-0.1, -0.05) is 26.7 Å². The van der Waals surface area contributed by atoms with E-state index in [-0.39, 0.29) is 5.92 Å². The zero-order valence-corrected chi connectivity index (χ0v) is 11.2. The molecule has 1 N–H and O–H groups in total. The lowest BCUT2D eigenvalue weighted by Crippen LogP contribution is -2.54. The van der Waals surface area contributed by atoms with Gasteiger partial charge in [0.25, 0.3) is 0 Å². The second-order valence-corrected chi connectivity index (χ2v) is 6.02. The van der Waals surface area contributed by atoms with Crippen LogP contribution in [0.1, 0.15) is 46.0 Å². The Labute approximate surface area is 105 Å². The summed E-state index contributed by atoms with van der Waals surface area (Å²) < 4.78 is 0. The smallest absolute Gasteiger partial charge is 0.228 e. The Kier molecular flexibility index (Phi) is 4.43. The Bertz CT molecular complexity index is 261. The first kappa shape index (κ1) is 12.9. The van der Waals surface area contributed by atoms with Crippen molar-refractivity contribution in [2.45, 2.75) is 52.0 Å². The summed E-state index contributed by atoms with van der Waals surface area (Å²) in [7, 11) is 0. The van der Waals surface area contributed by atoms with Gasteiger partial charge in [-0.15, -0.1) is 0 Å². The number of nitrogens with zero attached hydrogens (tertiary/aromatic N) is 1. The summed E-state index contributed by atoms with van der Waals surface area (Å²) in [4.78, 5) is 14.6. The normalized spacial score (nSPS) is 26.8. The Morgan fingerprint density at radius 3 is 2.65 bits per heavy atom. The van der Waals surface area contributed by atoms with Crippen LogP contribution in [0, 0.1) is 11.8 Å². The van der Waals surface area contributed by atoms with Crippen molar-refractivity contribution in [2.24, 2.45) is 11.8 Å². The second-order valence-electron chi connectivity index (χ2n) is 6.02. The minimum absolute atomic E-state index is 0.266. The zero-order chi connectivity index (χ0) is 12.3. The molecule has 0 spiro atoms. The predicted octanol–water partition coefficient (Wildman–Crippen LogP) is 2.02. The van der Waals surface area contributed by atoms with Gasteiger partial charge in [-0.2, -0.15) is 0 Å². The van der Waals surface area contributed by atoms with Crippen LogP contribution in [0.15, 0.2) is 0 Å². The molecule has 98 valence electrons. The van der Waals surface area contributed by atoms with E-state index in [9.17, 15) is 4.79 Å². The number of hydrogen-bond donors (Lipinski definition) is 1. The van der Waals surface area contributed by atoms with Gasteiger partial charge >= 0.3 is 0 Å². The van der Waals surface area contributed by atoms with E-state index in [1.807, 2.05) is 0 Å². The zero-order valence-electron chi connectivity index (χ0n) is 11.2. The molecule has 0 aromatic heterocycles. The number of hydrogen-bond acceptors (Lipinski definition) is 2. The predicted molar refractivity (Wildman–Crippen MR) is 69.8 cm³/mol. The Morgan fingerprint density at radius 2 is 2.06 bits per heavy atom. The van der Waals surface area contributed by atoms with Crippen molar-refractivity contribution in [1.82, 2.24) is 10.2 Å². The molecule has 1 amide bonds. The first-order valence-electron chi connectivity index (χ1n) is 7.19. The third-order valence-corrected chi connectivity index (χ3v) is 4.03. The van der Waals surface area contributed by atoms with Crippen LogP contribution < -0.4 is 5.32 Å². The number of likely N-dealkylation sites (tertiary alicyclic amines) is 1. The van der Waals surface area contributed by atoms with Crippen LogP contribution in [-0.4, -0.2) is 36.5 Å². The van der Waals surface area contributed by atoms with Crippen molar-refractivity contribution in [3.05, 3.63) is 0 Å². The first-order chi connectivity index (χ1) is 8.18. The van der Waals surface area contributed by atoms with Crippen molar-refractivity contribution in [1.29, 1.82) is 0 Å². The third kappa shape index (κ3) is 3.21. The van der Waals surface area contributed by atoms with Gasteiger partial charge in [-0.25, -0.2) is 0 Å². The van der Waals surface area contributed by atoms with Crippen molar-refractivity contribution in [3.63, 3.8) is 0 Å². The van der Waals surface area contributed by atoms with Crippen LogP contribution in [0.25, 0.3) is 0 Å². The lowest BCUT2D eigenvalue weighted by atomic mass is 9.95. The van der Waals surface area contributed by atoms with E-state index in [0.717, 1.165) is 19.6 Å². The summed E-state index contributed by atoms with van der Waals surface area (Å²) in [6.07, 6.45) is 6.17. The van der Waals surface area contributed by atoms with Gasteiger partial charge in [0.15, 0.2) is 0 Å². The molecule has 1 atom stereocenters. The summed E-state index contributed by atoms with van der Waals surface area (Å²) in [5, 5.41) is 3.20. The highest BCUT2D eigenvalue weighted by Gasteiger charge is 2.33. The van der Waals surface area contributed by atoms with Crippen molar-refractivity contribution >= 4 is 5.91 Å². The molecular weight excluding hydrogens is 212 g/mol. The largest absolute Gasteiger partial charge is 0.339 e. The molecular formula is C14H26N2O. The van der Waals surface area contributed by atoms with E-state index in [1.54, 1.807) is 0 Å². The molecule has 2 aliphatic rings. The van der Waals surface area contributed by atoms with Crippen LogP contribution in [0.2, 0.25) is 0 Å². The molecule has 17 heavy (non-hydrogen) atoms. The first-order valence-corrected chi connectivity index (χ1v) is 7.19. The minimum atomic E-state index is 0.266. The Balaban J connectivity index is 1.99. The summed E-state index contributed by atoms with van der Waals surface area (Å²) in [5.41, 5.74) is 0. The average molecular weight is 238 g/mol. The molecule has 2 heterocycles.